The molecule has 2 heterocycles. The molecule has 0 saturated carbocycles. The minimum absolute atomic E-state index is 0.0509. The molecule has 0 N–H and O–H groups in total. The molecule has 0 spiro atoms. The predicted octanol–water partition coefficient (Wildman–Crippen LogP) is 4.18. The highest BCUT2D eigenvalue weighted by molar-refractivity contribution is 6.05. The number of benzene rings is 2. The van der Waals surface area contributed by atoms with Crippen LogP contribution in [-0.4, -0.2) is 55.4 Å². The molecule has 1 atom stereocenters. The van der Waals surface area contributed by atoms with Crippen LogP contribution in [0.2, 0.25) is 0 Å². The average molecular weight is 422 g/mol. The van der Waals surface area contributed by atoms with Gasteiger partial charge in [0.05, 0.1) is 32.5 Å². The quantitative estimate of drug-likeness (QED) is 0.702. The van der Waals surface area contributed by atoms with E-state index in [2.05, 4.69) is 36.1 Å². The highest BCUT2D eigenvalue weighted by Gasteiger charge is 2.34. The van der Waals surface area contributed by atoms with Gasteiger partial charge in [-0.15, -0.1) is 0 Å². The lowest BCUT2D eigenvalue weighted by atomic mass is 9.97. The zero-order valence-electron chi connectivity index (χ0n) is 18.6. The fourth-order valence-electron chi connectivity index (χ4n) is 4.37. The number of piperidine rings is 1. The largest absolute Gasteiger partial charge is 0.497 e. The molecule has 0 unspecified atom stereocenters. The molecule has 2 aliphatic heterocycles. The minimum Gasteiger partial charge on any atom is -0.497 e. The number of hydrogen-bond acceptors (Lipinski definition) is 5. The lowest BCUT2D eigenvalue weighted by Gasteiger charge is -2.29. The van der Waals surface area contributed by atoms with Crippen LogP contribution >= 0.6 is 0 Å². The van der Waals surface area contributed by atoms with Crippen molar-refractivity contribution < 1.29 is 14.3 Å². The van der Waals surface area contributed by atoms with E-state index >= 15 is 0 Å². The molecular weight excluding hydrogens is 390 g/mol. The topological polar surface area (TPSA) is 54.4 Å². The van der Waals surface area contributed by atoms with E-state index in [1.807, 2.05) is 18.2 Å². The van der Waals surface area contributed by atoms with Gasteiger partial charge in [0.2, 0.25) is 0 Å². The summed E-state index contributed by atoms with van der Waals surface area (Å²) in [5.74, 6) is 1.48. The summed E-state index contributed by atoms with van der Waals surface area (Å²) < 4.78 is 10.9. The first-order valence-corrected chi connectivity index (χ1v) is 11.0. The Morgan fingerprint density at radius 2 is 1.77 bits per heavy atom. The monoisotopic (exact) mass is 421 g/mol. The van der Waals surface area contributed by atoms with E-state index in [9.17, 15) is 4.79 Å². The van der Waals surface area contributed by atoms with E-state index in [0.717, 1.165) is 48.5 Å². The first kappa shape index (κ1) is 21.4. The number of aryl methyl sites for hydroxylation is 1. The van der Waals surface area contributed by atoms with E-state index in [4.69, 9.17) is 14.6 Å². The minimum atomic E-state index is -0.111. The molecule has 0 bridgehead atoms. The van der Waals surface area contributed by atoms with Crippen molar-refractivity contribution in [2.75, 3.05) is 33.9 Å². The van der Waals surface area contributed by atoms with Crippen LogP contribution in [0.15, 0.2) is 47.6 Å². The molecule has 0 aromatic heterocycles. The number of amides is 1. The molecule has 6 nitrogen and oxygen atoms in total. The highest BCUT2D eigenvalue weighted by atomic mass is 16.5. The van der Waals surface area contributed by atoms with Crippen LogP contribution in [-0.2, 0) is 4.79 Å². The third kappa shape index (κ3) is 4.74. The number of likely N-dealkylation sites (tertiary alicyclic amines) is 1. The van der Waals surface area contributed by atoms with Crippen LogP contribution < -0.4 is 9.47 Å². The second-order valence-electron chi connectivity index (χ2n) is 8.32. The molecule has 1 saturated heterocycles. The van der Waals surface area contributed by atoms with Crippen LogP contribution in [0.1, 0.15) is 48.4 Å². The fourth-order valence-corrected chi connectivity index (χ4v) is 4.37. The maximum atomic E-state index is 13.3. The summed E-state index contributed by atoms with van der Waals surface area (Å²) in [4.78, 5) is 15.6. The van der Waals surface area contributed by atoms with Gasteiger partial charge in [-0.3, -0.25) is 9.69 Å². The Morgan fingerprint density at radius 1 is 1.03 bits per heavy atom. The molecule has 2 aromatic carbocycles. The number of carbonyl (C=O) groups is 1. The van der Waals surface area contributed by atoms with Crippen LogP contribution in [0, 0.1) is 6.92 Å². The number of hydrogen-bond donors (Lipinski definition) is 0. The van der Waals surface area contributed by atoms with Gasteiger partial charge in [-0.1, -0.05) is 36.2 Å². The van der Waals surface area contributed by atoms with Crippen LogP contribution in [0.5, 0.6) is 11.5 Å². The van der Waals surface area contributed by atoms with Gasteiger partial charge < -0.3 is 9.47 Å². The fraction of sp³-hybridized carbons (Fsp3) is 0.440. The third-order valence-corrected chi connectivity index (χ3v) is 6.16. The zero-order valence-corrected chi connectivity index (χ0v) is 18.6. The van der Waals surface area contributed by atoms with Gasteiger partial charge in [-0.05, 0) is 50.6 Å². The third-order valence-electron chi connectivity index (χ3n) is 6.16. The molecule has 0 radical (unpaired) electrons. The molecule has 2 aliphatic rings. The second-order valence-corrected chi connectivity index (χ2v) is 8.32. The van der Waals surface area contributed by atoms with E-state index < -0.39 is 0 Å². The van der Waals surface area contributed by atoms with E-state index in [-0.39, 0.29) is 11.9 Å². The van der Waals surface area contributed by atoms with Gasteiger partial charge in [-0.2, -0.15) is 5.10 Å². The predicted molar refractivity (Wildman–Crippen MR) is 122 cm³/mol. The number of methoxy groups -OCH3 is 2. The van der Waals surface area contributed by atoms with Gasteiger partial charge in [-0.25, -0.2) is 5.01 Å². The molecule has 0 aliphatic carbocycles. The lowest BCUT2D eigenvalue weighted by molar-refractivity contribution is -0.134. The Morgan fingerprint density at radius 3 is 2.45 bits per heavy atom. The first-order chi connectivity index (χ1) is 15.1. The number of ether oxygens (including phenoxy) is 2. The van der Waals surface area contributed by atoms with Crippen molar-refractivity contribution in [1.29, 1.82) is 0 Å². The van der Waals surface area contributed by atoms with Crippen LogP contribution in [0.25, 0.3) is 0 Å². The molecule has 2 aromatic rings. The number of hydrazone groups is 1. The van der Waals surface area contributed by atoms with Crippen molar-refractivity contribution in [2.24, 2.45) is 5.10 Å². The normalized spacial score (nSPS) is 19.3. The summed E-state index contributed by atoms with van der Waals surface area (Å²) in [6.45, 7) is 4.45. The first-order valence-electron chi connectivity index (χ1n) is 11.0. The number of rotatable bonds is 6. The molecule has 6 heteroatoms. The molecule has 164 valence electrons. The Hall–Kier alpha value is -2.86. The summed E-state index contributed by atoms with van der Waals surface area (Å²) in [5.41, 5.74) is 4.06. The molecule has 4 rings (SSSR count). The smallest absolute Gasteiger partial charge is 0.257 e. The lowest BCUT2D eigenvalue weighted by Crippen LogP contribution is -2.40. The van der Waals surface area contributed by atoms with Gasteiger partial charge >= 0.3 is 0 Å². The van der Waals surface area contributed by atoms with Crippen LogP contribution in [0.3, 0.4) is 0 Å². The Labute approximate surface area is 184 Å². The highest BCUT2D eigenvalue weighted by Crippen LogP contribution is 2.36. The summed E-state index contributed by atoms with van der Waals surface area (Å²) in [6.07, 6.45) is 4.22. The van der Waals surface area contributed by atoms with Gasteiger partial charge in [0.1, 0.15) is 11.5 Å². The summed E-state index contributed by atoms with van der Waals surface area (Å²) in [7, 11) is 3.28. The molecule has 1 amide bonds. The maximum absolute atomic E-state index is 13.3. The Kier molecular flexibility index (Phi) is 6.56. The van der Waals surface area contributed by atoms with E-state index in [0.29, 0.717) is 18.7 Å². The van der Waals surface area contributed by atoms with Crippen molar-refractivity contribution in [3.8, 4) is 11.5 Å². The number of nitrogens with zero attached hydrogens (tertiary/aromatic N) is 3. The van der Waals surface area contributed by atoms with Gasteiger partial charge in [0, 0.05) is 18.1 Å². The van der Waals surface area contributed by atoms with Crippen molar-refractivity contribution in [2.45, 2.75) is 38.6 Å². The number of carbonyl (C=O) groups excluding carboxylic acids is 1. The van der Waals surface area contributed by atoms with Crippen molar-refractivity contribution in [1.82, 2.24) is 9.91 Å². The average Bonchev–Trinajstić information content (AvgIpc) is 3.25. The van der Waals surface area contributed by atoms with Crippen LogP contribution in [0.4, 0.5) is 0 Å². The molecular formula is C25H31N3O3. The summed E-state index contributed by atoms with van der Waals surface area (Å²) in [5, 5.41) is 6.51. The maximum Gasteiger partial charge on any atom is 0.257 e. The van der Waals surface area contributed by atoms with Crippen molar-refractivity contribution in [3.63, 3.8) is 0 Å². The molecule has 31 heavy (non-hydrogen) atoms. The molecule has 1 fully saturated rings. The Bertz CT molecular complexity index is 949. The van der Waals surface area contributed by atoms with Gasteiger partial charge in [0.15, 0.2) is 0 Å². The van der Waals surface area contributed by atoms with Gasteiger partial charge in [0.25, 0.3) is 5.91 Å². The summed E-state index contributed by atoms with van der Waals surface area (Å²) >= 11 is 0. The second kappa shape index (κ2) is 9.52. The zero-order chi connectivity index (χ0) is 21.8. The summed E-state index contributed by atoms with van der Waals surface area (Å²) in [6, 6.07) is 14.0. The van der Waals surface area contributed by atoms with E-state index in [1.165, 1.54) is 12.0 Å². The SMILES string of the molecule is COc1ccc(C2=NN(C(=O)CN3CCCCC3)[C@@H](c3ccc(C)cc3)C2)c(OC)c1. The van der Waals surface area contributed by atoms with E-state index in [1.54, 1.807) is 19.2 Å². The van der Waals surface area contributed by atoms with Crippen molar-refractivity contribution >= 4 is 11.6 Å². The standard InChI is InChI=1S/C25H31N3O3/c1-18-7-9-19(10-8-18)23-16-22(21-12-11-20(30-2)15-24(21)31-3)26-28(23)25(29)17-27-13-5-4-6-14-27/h7-12,15,23H,4-6,13-14,16-17H2,1-3H3/t23-/m1/s1. The Balaban J connectivity index is 1.64. The van der Waals surface area contributed by atoms with Crippen molar-refractivity contribution in [3.05, 3.63) is 59.2 Å².